The molecule has 1 amide bonds. The van der Waals surface area contributed by atoms with E-state index >= 15 is 0 Å². The second-order valence-electron chi connectivity index (χ2n) is 4.85. The van der Waals surface area contributed by atoms with E-state index in [1.807, 2.05) is 24.3 Å². The Hall–Kier alpha value is -2.18. The Balaban J connectivity index is 1.77. The van der Waals surface area contributed by atoms with Crippen LogP contribution in [0.25, 0.3) is 0 Å². The molecule has 1 heterocycles. The highest BCUT2D eigenvalue weighted by atomic mass is 35.5. The van der Waals surface area contributed by atoms with E-state index in [4.69, 9.17) is 16.3 Å². The van der Waals surface area contributed by atoms with Gasteiger partial charge in [0.2, 0.25) is 5.95 Å². The van der Waals surface area contributed by atoms with E-state index in [0.29, 0.717) is 36.2 Å². The third-order valence-electron chi connectivity index (χ3n) is 3.12. The van der Waals surface area contributed by atoms with Crippen LogP contribution in [0.15, 0.2) is 36.7 Å². The first-order valence-electron chi connectivity index (χ1n) is 7.26. The number of halogens is 1. The molecule has 0 atom stereocenters. The molecule has 6 nitrogen and oxygen atoms in total. The van der Waals surface area contributed by atoms with Crippen molar-refractivity contribution in [1.29, 1.82) is 0 Å². The molecule has 0 spiro atoms. The lowest BCUT2D eigenvalue weighted by atomic mass is 10.1. The van der Waals surface area contributed by atoms with Crippen LogP contribution in [0.4, 0.5) is 5.95 Å². The molecule has 0 radical (unpaired) electrons. The molecule has 0 aliphatic heterocycles. The molecule has 0 saturated carbocycles. The van der Waals surface area contributed by atoms with Gasteiger partial charge in [0, 0.05) is 37.6 Å². The van der Waals surface area contributed by atoms with E-state index in [2.05, 4.69) is 20.6 Å². The predicted molar refractivity (Wildman–Crippen MR) is 89.9 cm³/mol. The Morgan fingerprint density at radius 2 is 1.87 bits per heavy atom. The van der Waals surface area contributed by atoms with Gasteiger partial charge >= 0.3 is 0 Å². The van der Waals surface area contributed by atoms with Gasteiger partial charge in [-0.3, -0.25) is 4.79 Å². The van der Waals surface area contributed by atoms with E-state index in [0.717, 1.165) is 12.0 Å². The van der Waals surface area contributed by atoms with Gasteiger partial charge in [0.05, 0.1) is 12.2 Å². The summed E-state index contributed by atoms with van der Waals surface area (Å²) < 4.78 is 4.92. The van der Waals surface area contributed by atoms with E-state index in [9.17, 15) is 4.79 Å². The van der Waals surface area contributed by atoms with Gasteiger partial charge in [0.25, 0.3) is 5.91 Å². The number of benzene rings is 1. The van der Waals surface area contributed by atoms with Gasteiger partial charge in [-0.2, -0.15) is 0 Å². The lowest BCUT2D eigenvalue weighted by Gasteiger charge is -2.07. The standard InChI is InChI=1S/C16H19ClN4O2/c1-23-9-8-19-16-20-10-13(11-21-16)15(22)18-7-6-12-2-4-14(17)5-3-12/h2-5,10-11H,6-9H2,1H3,(H,18,22)(H,19,20,21). The van der Waals surface area contributed by atoms with Crippen LogP contribution in [0.3, 0.4) is 0 Å². The monoisotopic (exact) mass is 334 g/mol. The van der Waals surface area contributed by atoms with E-state index in [1.165, 1.54) is 12.4 Å². The molecular weight excluding hydrogens is 316 g/mol. The molecule has 0 aliphatic carbocycles. The van der Waals surface area contributed by atoms with Crippen molar-refractivity contribution in [2.24, 2.45) is 0 Å². The van der Waals surface area contributed by atoms with Crippen molar-refractivity contribution < 1.29 is 9.53 Å². The van der Waals surface area contributed by atoms with Gasteiger partial charge < -0.3 is 15.4 Å². The van der Waals surface area contributed by atoms with Crippen molar-refractivity contribution in [2.75, 3.05) is 32.1 Å². The second-order valence-corrected chi connectivity index (χ2v) is 5.28. The van der Waals surface area contributed by atoms with Crippen LogP contribution in [0, 0.1) is 0 Å². The van der Waals surface area contributed by atoms with Gasteiger partial charge in [-0.25, -0.2) is 9.97 Å². The first kappa shape index (κ1) is 17.2. The first-order valence-corrected chi connectivity index (χ1v) is 7.64. The molecule has 0 fully saturated rings. The highest BCUT2D eigenvalue weighted by Crippen LogP contribution is 2.09. The van der Waals surface area contributed by atoms with E-state index in [1.54, 1.807) is 7.11 Å². The average molecular weight is 335 g/mol. The smallest absolute Gasteiger partial charge is 0.254 e. The Labute approximate surface area is 140 Å². The molecule has 23 heavy (non-hydrogen) atoms. The third kappa shape index (κ3) is 5.84. The summed E-state index contributed by atoms with van der Waals surface area (Å²) in [5, 5.41) is 6.54. The Morgan fingerprint density at radius 3 is 2.52 bits per heavy atom. The van der Waals surface area contributed by atoms with Gasteiger partial charge in [0.15, 0.2) is 0 Å². The maximum Gasteiger partial charge on any atom is 0.254 e. The summed E-state index contributed by atoms with van der Waals surface area (Å²) in [6.45, 7) is 1.72. The van der Waals surface area contributed by atoms with Crippen molar-refractivity contribution in [3.05, 3.63) is 52.8 Å². The zero-order chi connectivity index (χ0) is 16.5. The lowest BCUT2D eigenvalue weighted by molar-refractivity contribution is 0.0953. The van der Waals surface area contributed by atoms with Crippen LogP contribution < -0.4 is 10.6 Å². The minimum absolute atomic E-state index is 0.192. The highest BCUT2D eigenvalue weighted by molar-refractivity contribution is 6.30. The van der Waals surface area contributed by atoms with Crippen molar-refractivity contribution in [3.8, 4) is 0 Å². The molecule has 0 unspecified atom stereocenters. The van der Waals surface area contributed by atoms with Crippen LogP contribution in [-0.2, 0) is 11.2 Å². The molecule has 1 aromatic carbocycles. The van der Waals surface area contributed by atoms with Gasteiger partial charge in [-0.1, -0.05) is 23.7 Å². The average Bonchev–Trinajstić information content (AvgIpc) is 2.57. The number of ether oxygens (including phenoxy) is 1. The number of carbonyl (C=O) groups is 1. The molecule has 1 aromatic heterocycles. The minimum atomic E-state index is -0.192. The summed E-state index contributed by atoms with van der Waals surface area (Å²) in [4.78, 5) is 20.2. The highest BCUT2D eigenvalue weighted by Gasteiger charge is 2.06. The molecule has 0 aliphatic rings. The maximum absolute atomic E-state index is 12.0. The molecule has 7 heteroatoms. The number of anilines is 1. The number of hydrogen-bond acceptors (Lipinski definition) is 5. The first-order chi connectivity index (χ1) is 11.2. The number of nitrogens with one attached hydrogen (secondary N) is 2. The number of hydrogen-bond donors (Lipinski definition) is 2. The number of methoxy groups -OCH3 is 1. The van der Waals surface area contributed by atoms with Crippen molar-refractivity contribution >= 4 is 23.5 Å². The van der Waals surface area contributed by atoms with Crippen LogP contribution in [0.1, 0.15) is 15.9 Å². The zero-order valence-electron chi connectivity index (χ0n) is 12.9. The van der Waals surface area contributed by atoms with Crippen molar-refractivity contribution in [2.45, 2.75) is 6.42 Å². The maximum atomic E-state index is 12.0. The summed E-state index contributed by atoms with van der Waals surface area (Å²) in [6.07, 6.45) is 3.74. The van der Waals surface area contributed by atoms with Crippen LogP contribution >= 0.6 is 11.6 Å². The molecular formula is C16H19ClN4O2. The fourth-order valence-electron chi connectivity index (χ4n) is 1.87. The molecule has 122 valence electrons. The number of aromatic nitrogens is 2. The summed E-state index contributed by atoms with van der Waals surface area (Å²) in [6, 6.07) is 7.56. The second kappa shape index (κ2) is 9.07. The molecule has 2 aromatic rings. The topological polar surface area (TPSA) is 76.1 Å². The molecule has 0 saturated heterocycles. The van der Waals surface area contributed by atoms with E-state index in [-0.39, 0.29) is 5.91 Å². The Morgan fingerprint density at radius 1 is 1.17 bits per heavy atom. The van der Waals surface area contributed by atoms with Gasteiger partial charge in [-0.15, -0.1) is 0 Å². The number of rotatable bonds is 8. The SMILES string of the molecule is COCCNc1ncc(C(=O)NCCc2ccc(Cl)cc2)cn1. The van der Waals surface area contributed by atoms with Crippen molar-refractivity contribution in [3.63, 3.8) is 0 Å². The molecule has 2 rings (SSSR count). The number of amides is 1. The van der Waals surface area contributed by atoms with E-state index < -0.39 is 0 Å². The quantitative estimate of drug-likeness (QED) is 0.723. The number of nitrogens with zero attached hydrogens (tertiary/aromatic N) is 2. The summed E-state index contributed by atoms with van der Waals surface area (Å²) in [7, 11) is 1.63. The summed E-state index contributed by atoms with van der Waals surface area (Å²) >= 11 is 5.83. The predicted octanol–water partition coefficient (Wildman–Crippen LogP) is 2.16. The Bertz CT molecular complexity index is 617. The minimum Gasteiger partial charge on any atom is -0.383 e. The summed E-state index contributed by atoms with van der Waals surface area (Å²) in [5.41, 5.74) is 1.54. The van der Waals surface area contributed by atoms with Crippen LogP contribution in [-0.4, -0.2) is 42.7 Å². The van der Waals surface area contributed by atoms with Gasteiger partial charge in [-0.05, 0) is 24.1 Å². The fraction of sp³-hybridized carbons (Fsp3) is 0.312. The zero-order valence-corrected chi connectivity index (χ0v) is 13.6. The molecule has 2 N–H and O–H groups in total. The lowest BCUT2D eigenvalue weighted by Crippen LogP contribution is -2.26. The summed E-state index contributed by atoms with van der Waals surface area (Å²) in [5.74, 6) is 0.280. The van der Waals surface area contributed by atoms with Crippen LogP contribution in [0.5, 0.6) is 0 Å². The van der Waals surface area contributed by atoms with Crippen molar-refractivity contribution in [1.82, 2.24) is 15.3 Å². The Kier molecular flexibility index (Phi) is 6.77. The normalized spacial score (nSPS) is 10.3. The third-order valence-corrected chi connectivity index (χ3v) is 3.37. The van der Waals surface area contributed by atoms with Gasteiger partial charge in [0.1, 0.15) is 0 Å². The molecule has 0 bridgehead atoms. The fourth-order valence-corrected chi connectivity index (χ4v) is 2.00. The van der Waals surface area contributed by atoms with Crippen LogP contribution in [0.2, 0.25) is 5.02 Å². The number of carbonyl (C=O) groups excluding carboxylic acids is 1. The largest absolute Gasteiger partial charge is 0.383 e.